The second kappa shape index (κ2) is 5.41. The molecule has 0 aromatic carbocycles. The molecule has 0 radical (unpaired) electrons. The molecule has 2 rings (SSSR count). The molecule has 0 bridgehead atoms. The van der Waals surface area contributed by atoms with Crippen LogP contribution in [0.1, 0.15) is 32.1 Å². The lowest BCUT2D eigenvalue weighted by atomic mass is 10.1. The molecule has 1 aliphatic carbocycles. The number of carbonyl (C=O) groups excluding carboxylic acids is 1. The minimum atomic E-state index is -0.0600. The molecule has 2 aliphatic rings. The third-order valence-corrected chi connectivity index (χ3v) is 4.86. The number of esters is 1. The van der Waals surface area contributed by atoms with E-state index >= 15 is 0 Å². The first-order chi connectivity index (χ1) is 7.74. The fraction of sp³-hybridized carbons (Fsp3) is 0.917. The van der Waals surface area contributed by atoms with Gasteiger partial charge in [0.1, 0.15) is 0 Å². The summed E-state index contributed by atoms with van der Waals surface area (Å²) in [5, 5.41) is 0. The molecular formula is C12H20O3S. The van der Waals surface area contributed by atoms with E-state index in [4.69, 9.17) is 9.47 Å². The van der Waals surface area contributed by atoms with Crippen molar-refractivity contribution in [2.75, 3.05) is 25.2 Å². The number of rotatable bonds is 6. The van der Waals surface area contributed by atoms with Gasteiger partial charge in [0.25, 0.3) is 0 Å². The van der Waals surface area contributed by atoms with Crippen molar-refractivity contribution in [3.8, 4) is 0 Å². The van der Waals surface area contributed by atoms with Gasteiger partial charge < -0.3 is 9.47 Å². The largest absolute Gasteiger partial charge is 0.469 e. The maximum Gasteiger partial charge on any atom is 0.306 e. The normalized spacial score (nSPS) is 26.7. The Balaban J connectivity index is 1.63. The third-order valence-electron chi connectivity index (χ3n) is 3.44. The Morgan fingerprint density at radius 1 is 1.56 bits per heavy atom. The predicted molar refractivity (Wildman–Crippen MR) is 64.6 cm³/mol. The molecule has 1 atom stereocenters. The number of carbonyl (C=O) groups is 1. The topological polar surface area (TPSA) is 35.5 Å². The van der Waals surface area contributed by atoms with Crippen LogP contribution in [0.3, 0.4) is 0 Å². The zero-order valence-electron chi connectivity index (χ0n) is 9.87. The van der Waals surface area contributed by atoms with Gasteiger partial charge in [0, 0.05) is 12.4 Å². The van der Waals surface area contributed by atoms with Gasteiger partial charge in [-0.25, -0.2) is 0 Å². The number of hydrogen-bond donors (Lipinski definition) is 0. The summed E-state index contributed by atoms with van der Waals surface area (Å²) in [6, 6.07) is 0. The van der Waals surface area contributed by atoms with Crippen LogP contribution < -0.4 is 0 Å². The van der Waals surface area contributed by atoms with Gasteiger partial charge in [0.2, 0.25) is 0 Å². The molecule has 0 aromatic rings. The van der Waals surface area contributed by atoms with E-state index in [1.54, 1.807) is 0 Å². The van der Waals surface area contributed by atoms with Crippen molar-refractivity contribution in [3.63, 3.8) is 0 Å². The Hall–Kier alpha value is -0.220. The minimum Gasteiger partial charge on any atom is -0.469 e. The van der Waals surface area contributed by atoms with Crippen molar-refractivity contribution in [1.82, 2.24) is 0 Å². The van der Waals surface area contributed by atoms with E-state index in [0.29, 0.717) is 12.5 Å². The van der Waals surface area contributed by atoms with Crippen LogP contribution >= 0.6 is 11.8 Å². The monoisotopic (exact) mass is 244 g/mol. The van der Waals surface area contributed by atoms with E-state index in [2.05, 4.69) is 0 Å². The van der Waals surface area contributed by atoms with Gasteiger partial charge in [-0.15, -0.1) is 0 Å². The maximum atomic E-state index is 11.2. The first-order valence-corrected chi connectivity index (χ1v) is 7.16. The standard InChI is InChI=1S/C12H20O3S/c1-14-11(13)7-12(4-5-12)9-16-8-10-3-2-6-15-10/h10H,2-9H2,1H3. The lowest BCUT2D eigenvalue weighted by Gasteiger charge is -2.14. The van der Waals surface area contributed by atoms with E-state index in [1.165, 1.54) is 32.8 Å². The molecule has 1 aliphatic heterocycles. The van der Waals surface area contributed by atoms with Crippen LogP contribution in [-0.2, 0) is 14.3 Å². The number of methoxy groups -OCH3 is 1. The summed E-state index contributed by atoms with van der Waals surface area (Å²) >= 11 is 1.94. The quantitative estimate of drug-likeness (QED) is 0.671. The van der Waals surface area contributed by atoms with Crippen LogP contribution in [0.2, 0.25) is 0 Å². The Kier molecular flexibility index (Phi) is 4.14. The Labute approximate surface area is 101 Å². The molecule has 16 heavy (non-hydrogen) atoms. The molecule has 1 heterocycles. The van der Waals surface area contributed by atoms with Gasteiger partial charge in [-0.2, -0.15) is 11.8 Å². The summed E-state index contributed by atoms with van der Waals surface area (Å²) in [6.07, 6.45) is 5.83. The summed E-state index contributed by atoms with van der Waals surface area (Å²) in [6.45, 7) is 0.929. The lowest BCUT2D eigenvalue weighted by molar-refractivity contribution is -0.141. The van der Waals surface area contributed by atoms with Crippen LogP contribution in [0.25, 0.3) is 0 Å². The molecule has 1 unspecified atom stereocenters. The van der Waals surface area contributed by atoms with Gasteiger partial charge in [0.15, 0.2) is 0 Å². The predicted octanol–water partition coefficient (Wildman–Crippen LogP) is 2.24. The van der Waals surface area contributed by atoms with Crippen LogP contribution in [0.5, 0.6) is 0 Å². The van der Waals surface area contributed by atoms with E-state index in [1.807, 2.05) is 11.8 Å². The second-order valence-electron chi connectivity index (χ2n) is 4.90. The second-order valence-corrected chi connectivity index (χ2v) is 5.93. The van der Waals surface area contributed by atoms with Crippen molar-refractivity contribution in [2.24, 2.45) is 5.41 Å². The van der Waals surface area contributed by atoms with Crippen molar-refractivity contribution >= 4 is 17.7 Å². The Morgan fingerprint density at radius 2 is 2.38 bits per heavy atom. The van der Waals surface area contributed by atoms with E-state index in [9.17, 15) is 4.79 Å². The molecule has 3 nitrogen and oxygen atoms in total. The molecular weight excluding hydrogens is 224 g/mol. The van der Waals surface area contributed by atoms with Crippen LogP contribution in [0.4, 0.5) is 0 Å². The summed E-state index contributed by atoms with van der Waals surface area (Å²) in [5.74, 6) is 2.11. The maximum absolute atomic E-state index is 11.2. The highest BCUT2D eigenvalue weighted by molar-refractivity contribution is 7.99. The van der Waals surface area contributed by atoms with Gasteiger partial charge >= 0.3 is 5.97 Å². The first kappa shape index (κ1) is 12.2. The average Bonchev–Trinajstić information content (AvgIpc) is 2.83. The summed E-state index contributed by atoms with van der Waals surface area (Å²) in [4.78, 5) is 11.2. The molecule has 1 saturated heterocycles. The zero-order valence-corrected chi connectivity index (χ0v) is 10.7. The zero-order chi connectivity index (χ0) is 11.4. The first-order valence-electron chi connectivity index (χ1n) is 6.00. The summed E-state index contributed by atoms with van der Waals surface area (Å²) < 4.78 is 10.3. The molecule has 0 N–H and O–H groups in total. The van der Waals surface area contributed by atoms with Crippen LogP contribution in [0, 0.1) is 5.41 Å². The lowest BCUT2D eigenvalue weighted by Crippen LogP contribution is -2.15. The molecule has 2 fully saturated rings. The Bertz CT molecular complexity index is 245. The highest BCUT2D eigenvalue weighted by Gasteiger charge is 2.44. The van der Waals surface area contributed by atoms with Crippen molar-refractivity contribution < 1.29 is 14.3 Å². The molecule has 92 valence electrons. The van der Waals surface area contributed by atoms with Crippen molar-refractivity contribution in [2.45, 2.75) is 38.2 Å². The fourth-order valence-electron chi connectivity index (χ4n) is 2.11. The average molecular weight is 244 g/mol. The van der Waals surface area contributed by atoms with Crippen molar-refractivity contribution in [1.29, 1.82) is 0 Å². The fourth-order valence-corrected chi connectivity index (χ4v) is 3.58. The molecule has 0 spiro atoms. The SMILES string of the molecule is COC(=O)CC1(CSCC2CCCO2)CC1. The van der Waals surface area contributed by atoms with E-state index in [-0.39, 0.29) is 11.4 Å². The molecule has 0 amide bonds. The van der Waals surface area contributed by atoms with E-state index in [0.717, 1.165) is 18.1 Å². The van der Waals surface area contributed by atoms with Gasteiger partial charge in [0.05, 0.1) is 19.6 Å². The third kappa shape index (κ3) is 3.39. The number of thioether (sulfide) groups is 1. The van der Waals surface area contributed by atoms with E-state index < -0.39 is 0 Å². The smallest absolute Gasteiger partial charge is 0.306 e. The highest BCUT2D eigenvalue weighted by atomic mass is 32.2. The van der Waals surface area contributed by atoms with Crippen LogP contribution in [-0.4, -0.2) is 37.3 Å². The van der Waals surface area contributed by atoms with Gasteiger partial charge in [-0.3, -0.25) is 4.79 Å². The minimum absolute atomic E-state index is 0.0600. The van der Waals surface area contributed by atoms with Crippen LogP contribution in [0.15, 0.2) is 0 Å². The van der Waals surface area contributed by atoms with Gasteiger partial charge in [-0.1, -0.05) is 0 Å². The Morgan fingerprint density at radius 3 is 2.94 bits per heavy atom. The number of hydrogen-bond acceptors (Lipinski definition) is 4. The summed E-state index contributed by atoms with van der Waals surface area (Å²) in [7, 11) is 1.47. The van der Waals surface area contributed by atoms with Crippen molar-refractivity contribution in [3.05, 3.63) is 0 Å². The molecule has 0 aromatic heterocycles. The van der Waals surface area contributed by atoms with Gasteiger partial charge in [-0.05, 0) is 36.9 Å². The summed E-state index contributed by atoms with van der Waals surface area (Å²) in [5.41, 5.74) is 0.260. The molecule has 1 saturated carbocycles. The number of ether oxygens (including phenoxy) is 2. The molecule has 4 heteroatoms. The highest BCUT2D eigenvalue weighted by Crippen LogP contribution is 2.51.